The maximum atomic E-state index is 13.6. The second-order valence-corrected chi connectivity index (χ2v) is 9.12. The maximum Gasteiger partial charge on any atom is 0.258 e. The van der Waals surface area contributed by atoms with Gasteiger partial charge in [0.25, 0.3) is 5.91 Å². The van der Waals surface area contributed by atoms with Crippen molar-refractivity contribution in [3.05, 3.63) is 90.0 Å². The van der Waals surface area contributed by atoms with Crippen LogP contribution in [0.3, 0.4) is 0 Å². The summed E-state index contributed by atoms with van der Waals surface area (Å²) in [5.74, 6) is 0.798. The molecule has 2 atom stereocenters. The minimum absolute atomic E-state index is 0.0495. The Balaban J connectivity index is 1.72. The molecule has 35 heavy (non-hydrogen) atoms. The van der Waals surface area contributed by atoms with Crippen molar-refractivity contribution in [1.29, 1.82) is 0 Å². The van der Waals surface area contributed by atoms with Crippen LogP contribution in [0.25, 0.3) is 0 Å². The minimum Gasteiger partial charge on any atom is -0.497 e. The number of hydrogen-bond donors (Lipinski definition) is 0. The molecule has 0 unspecified atom stereocenters. The summed E-state index contributed by atoms with van der Waals surface area (Å²) in [5.41, 5.74) is 3.37. The van der Waals surface area contributed by atoms with Gasteiger partial charge in [-0.2, -0.15) is 0 Å². The molecule has 1 heterocycles. The summed E-state index contributed by atoms with van der Waals surface area (Å²) in [6, 6.07) is 24.9. The second kappa shape index (κ2) is 11.2. The average molecular weight is 471 g/mol. The molecule has 2 amide bonds. The van der Waals surface area contributed by atoms with Crippen molar-refractivity contribution in [2.24, 2.45) is 0 Å². The summed E-state index contributed by atoms with van der Waals surface area (Å²) in [7, 11) is 1.61. The number of ether oxygens (including phenoxy) is 1. The molecule has 0 aromatic heterocycles. The van der Waals surface area contributed by atoms with Crippen LogP contribution in [0.15, 0.2) is 78.9 Å². The number of benzene rings is 3. The minimum atomic E-state index is -0.141. The number of fused-ring (bicyclic) bond motifs is 1. The highest BCUT2D eigenvalue weighted by molar-refractivity contribution is 6.07. The molecule has 1 aliphatic rings. The van der Waals surface area contributed by atoms with Gasteiger partial charge in [-0.25, -0.2) is 0 Å². The lowest BCUT2D eigenvalue weighted by atomic mass is 9.89. The van der Waals surface area contributed by atoms with Gasteiger partial charge in [-0.15, -0.1) is 0 Å². The van der Waals surface area contributed by atoms with Crippen LogP contribution in [0, 0.1) is 0 Å². The third-order valence-corrected chi connectivity index (χ3v) is 6.73. The number of hydrogen-bond acceptors (Lipinski definition) is 3. The molecule has 0 fully saturated rings. The van der Waals surface area contributed by atoms with E-state index >= 15 is 0 Å². The van der Waals surface area contributed by atoms with E-state index in [4.69, 9.17) is 4.74 Å². The van der Waals surface area contributed by atoms with E-state index < -0.39 is 0 Å². The Bertz CT molecular complexity index is 1140. The summed E-state index contributed by atoms with van der Waals surface area (Å²) in [4.78, 5) is 31.0. The first-order valence-corrected chi connectivity index (χ1v) is 12.5. The number of unbranched alkanes of at least 4 members (excludes halogenated alkanes) is 2. The fraction of sp³-hybridized carbons (Fsp3) is 0.333. The Morgan fingerprint density at radius 1 is 0.943 bits per heavy atom. The van der Waals surface area contributed by atoms with E-state index in [1.807, 2.05) is 70.5 Å². The molecule has 0 aliphatic carbocycles. The quantitative estimate of drug-likeness (QED) is 0.341. The Kier molecular flexibility index (Phi) is 7.86. The molecular formula is C30H34N2O3. The molecule has 182 valence electrons. The first-order chi connectivity index (χ1) is 17.0. The molecule has 5 heteroatoms. The molecule has 4 rings (SSSR count). The topological polar surface area (TPSA) is 49.9 Å². The number of carbonyl (C=O) groups is 2. The zero-order chi connectivity index (χ0) is 24.8. The number of nitrogens with zero attached hydrogens (tertiary/aromatic N) is 2. The van der Waals surface area contributed by atoms with Gasteiger partial charge in [0.15, 0.2) is 0 Å². The molecule has 0 bridgehead atoms. The predicted molar refractivity (Wildman–Crippen MR) is 141 cm³/mol. The van der Waals surface area contributed by atoms with Gasteiger partial charge in [0.05, 0.1) is 13.2 Å². The lowest BCUT2D eigenvalue weighted by Crippen LogP contribution is -2.47. The first kappa shape index (κ1) is 24.5. The van der Waals surface area contributed by atoms with Gasteiger partial charge >= 0.3 is 0 Å². The molecule has 0 saturated carbocycles. The number of methoxy groups -OCH3 is 1. The van der Waals surface area contributed by atoms with Crippen molar-refractivity contribution < 1.29 is 14.3 Å². The van der Waals surface area contributed by atoms with Crippen LogP contribution >= 0.6 is 0 Å². The Morgan fingerprint density at radius 2 is 1.63 bits per heavy atom. The van der Waals surface area contributed by atoms with Gasteiger partial charge in [0.1, 0.15) is 5.75 Å². The predicted octanol–water partition coefficient (Wildman–Crippen LogP) is 6.79. The second-order valence-electron chi connectivity index (χ2n) is 9.12. The normalized spacial score (nSPS) is 16.9. The molecule has 0 N–H and O–H groups in total. The summed E-state index contributed by atoms with van der Waals surface area (Å²) >= 11 is 0. The molecular weight excluding hydrogens is 436 g/mol. The van der Waals surface area contributed by atoms with E-state index in [2.05, 4.69) is 19.9 Å². The van der Waals surface area contributed by atoms with Crippen molar-refractivity contribution >= 4 is 23.2 Å². The monoisotopic (exact) mass is 470 g/mol. The van der Waals surface area contributed by atoms with Crippen molar-refractivity contribution in [3.63, 3.8) is 0 Å². The van der Waals surface area contributed by atoms with Crippen LogP contribution in [0.4, 0.5) is 11.4 Å². The van der Waals surface area contributed by atoms with E-state index in [0.717, 1.165) is 36.2 Å². The molecule has 0 radical (unpaired) electrons. The summed E-state index contributed by atoms with van der Waals surface area (Å²) < 4.78 is 5.25. The van der Waals surface area contributed by atoms with Crippen molar-refractivity contribution in [2.45, 2.75) is 58.0 Å². The van der Waals surface area contributed by atoms with E-state index in [0.29, 0.717) is 24.2 Å². The molecule has 0 saturated heterocycles. The molecule has 0 spiro atoms. The number of para-hydroxylation sites is 2. The van der Waals surface area contributed by atoms with E-state index in [1.165, 1.54) is 0 Å². The summed E-state index contributed by atoms with van der Waals surface area (Å²) in [5, 5.41) is 0. The SMILES string of the molecule is CCCCCC(=O)N(c1ccccc1)[C@H]1C[C@@H](C)N(C(=O)c2ccc(OC)cc2)c2ccccc21. The molecule has 5 nitrogen and oxygen atoms in total. The highest BCUT2D eigenvalue weighted by Crippen LogP contribution is 2.43. The molecule has 3 aromatic rings. The van der Waals surface area contributed by atoms with E-state index in [-0.39, 0.29) is 23.9 Å². The van der Waals surface area contributed by atoms with Crippen molar-refractivity contribution in [2.75, 3.05) is 16.9 Å². The van der Waals surface area contributed by atoms with Crippen LogP contribution in [0.5, 0.6) is 5.75 Å². The Labute approximate surface area is 208 Å². The first-order valence-electron chi connectivity index (χ1n) is 12.5. The lowest BCUT2D eigenvalue weighted by Gasteiger charge is -2.43. The van der Waals surface area contributed by atoms with Crippen LogP contribution in [0.1, 0.15) is 67.9 Å². The smallest absolute Gasteiger partial charge is 0.258 e. The largest absolute Gasteiger partial charge is 0.497 e. The van der Waals surface area contributed by atoms with E-state index in [1.54, 1.807) is 19.2 Å². The summed E-state index contributed by atoms with van der Waals surface area (Å²) in [6.45, 7) is 4.21. The molecule has 1 aliphatic heterocycles. The van der Waals surface area contributed by atoms with Gasteiger partial charge < -0.3 is 14.5 Å². The molecule has 3 aromatic carbocycles. The lowest BCUT2D eigenvalue weighted by molar-refractivity contribution is -0.119. The van der Waals surface area contributed by atoms with Gasteiger partial charge in [-0.3, -0.25) is 9.59 Å². The Hall–Kier alpha value is -3.60. The highest BCUT2D eigenvalue weighted by atomic mass is 16.5. The van der Waals surface area contributed by atoms with Crippen molar-refractivity contribution in [1.82, 2.24) is 0 Å². The third kappa shape index (κ3) is 5.24. The van der Waals surface area contributed by atoms with Crippen LogP contribution in [-0.4, -0.2) is 25.0 Å². The number of rotatable bonds is 8. The number of amides is 2. The highest BCUT2D eigenvalue weighted by Gasteiger charge is 2.38. The number of carbonyl (C=O) groups excluding carboxylic acids is 2. The van der Waals surface area contributed by atoms with Gasteiger partial charge in [-0.05, 0) is 67.8 Å². The van der Waals surface area contributed by atoms with Crippen LogP contribution < -0.4 is 14.5 Å². The standard InChI is InChI=1S/C30H34N2O3/c1-4-5-7-16-29(33)32(24-12-8-6-9-13-24)28-21-22(2)31(27-15-11-10-14-26(27)28)30(34)23-17-19-25(35-3)20-18-23/h6,8-15,17-20,22,28H,4-5,7,16,21H2,1-3H3/t22-,28+/m1/s1. The zero-order valence-corrected chi connectivity index (χ0v) is 20.8. The van der Waals surface area contributed by atoms with Gasteiger partial charge in [-0.1, -0.05) is 56.2 Å². The third-order valence-electron chi connectivity index (χ3n) is 6.73. The fourth-order valence-electron chi connectivity index (χ4n) is 4.94. The fourth-order valence-corrected chi connectivity index (χ4v) is 4.94. The van der Waals surface area contributed by atoms with Gasteiger partial charge in [0, 0.05) is 29.4 Å². The van der Waals surface area contributed by atoms with Gasteiger partial charge in [0.2, 0.25) is 5.91 Å². The average Bonchev–Trinajstić information content (AvgIpc) is 2.89. The Morgan fingerprint density at radius 3 is 2.31 bits per heavy atom. The zero-order valence-electron chi connectivity index (χ0n) is 20.8. The van der Waals surface area contributed by atoms with Crippen molar-refractivity contribution in [3.8, 4) is 5.75 Å². The van der Waals surface area contributed by atoms with Crippen LogP contribution in [-0.2, 0) is 4.79 Å². The number of anilines is 2. The maximum absolute atomic E-state index is 13.6. The van der Waals surface area contributed by atoms with E-state index in [9.17, 15) is 9.59 Å². The van der Waals surface area contributed by atoms with Crippen LogP contribution in [0.2, 0.25) is 0 Å². The summed E-state index contributed by atoms with van der Waals surface area (Å²) in [6.07, 6.45) is 4.17.